The standard InChI is InChI=1S/C13H10N2O4/c16-12(17)10-11(15-7-6-14-10)13(18)19-8-9-4-2-1-3-5-9/h1-7H,8H2,(H,16,17). The number of aromatic carboxylic acids is 1. The molecule has 0 amide bonds. The van der Waals surface area contributed by atoms with E-state index >= 15 is 0 Å². The second kappa shape index (κ2) is 5.72. The van der Waals surface area contributed by atoms with Crippen molar-refractivity contribution in [1.82, 2.24) is 9.97 Å². The lowest BCUT2D eigenvalue weighted by atomic mass is 10.2. The monoisotopic (exact) mass is 258 g/mol. The Kier molecular flexibility index (Phi) is 3.82. The molecular formula is C13H10N2O4. The topological polar surface area (TPSA) is 89.4 Å². The van der Waals surface area contributed by atoms with Gasteiger partial charge in [0.1, 0.15) is 6.61 Å². The van der Waals surface area contributed by atoms with Gasteiger partial charge in [-0.3, -0.25) is 0 Å². The number of carbonyl (C=O) groups is 2. The van der Waals surface area contributed by atoms with Gasteiger partial charge in [-0.15, -0.1) is 0 Å². The molecule has 0 saturated carbocycles. The van der Waals surface area contributed by atoms with E-state index in [4.69, 9.17) is 9.84 Å². The number of benzene rings is 1. The molecule has 96 valence electrons. The molecule has 0 aliphatic carbocycles. The lowest BCUT2D eigenvalue weighted by Gasteiger charge is -2.05. The first kappa shape index (κ1) is 12.7. The van der Waals surface area contributed by atoms with Crippen LogP contribution in [0.1, 0.15) is 26.5 Å². The summed E-state index contributed by atoms with van der Waals surface area (Å²) in [4.78, 5) is 29.9. The molecule has 0 unspecified atom stereocenters. The third kappa shape index (κ3) is 3.12. The lowest BCUT2D eigenvalue weighted by Crippen LogP contribution is -2.15. The number of nitrogens with zero attached hydrogens (tertiary/aromatic N) is 2. The summed E-state index contributed by atoms with van der Waals surface area (Å²) in [6.45, 7) is 0.0509. The maximum absolute atomic E-state index is 11.8. The zero-order chi connectivity index (χ0) is 13.7. The fourth-order valence-electron chi connectivity index (χ4n) is 1.44. The summed E-state index contributed by atoms with van der Waals surface area (Å²) in [6, 6.07) is 9.06. The van der Waals surface area contributed by atoms with Crippen LogP contribution in [0.15, 0.2) is 42.7 Å². The van der Waals surface area contributed by atoms with Gasteiger partial charge in [0.2, 0.25) is 0 Å². The Balaban J connectivity index is 2.10. The minimum atomic E-state index is -1.32. The average Bonchev–Trinajstić information content (AvgIpc) is 2.46. The van der Waals surface area contributed by atoms with Crippen molar-refractivity contribution in [2.75, 3.05) is 0 Å². The van der Waals surface area contributed by atoms with Gasteiger partial charge in [-0.05, 0) is 5.56 Å². The molecule has 0 saturated heterocycles. The Morgan fingerprint density at radius 3 is 2.32 bits per heavy atom. The molecule has 0 spiro atoms. The van der Waals surface area contributed by atoms with Gasteiger partial charge in [-0.1, -0.05) is 30.3 Å². The van der Waals surface area contributed by atoms with Gasteiger partial charge >= 0.3 is 11.9 Å². The van der Waals surface area contributed by atoms with Crippen molar-refractivity contribution >= 4 is 11.9 Å². The van der Waals surface area contributed by atoms with E-state index in [1.165, 1.54) is 12.4 Å². The molecular weight excluding hydrogens is 248 g/mol. The molecule has 0 aliphatic rings. The Labute approximate surface area is 108 Å². The number of esters is 1. The Bertz CT molecular complexity index is 599. The van der Waals surface area contributed by atoms with Crippen LogP contribution in [0, 0.1) is 0 Å². The number of rotatable bonds is 4. The van der Waals surface area contributed by atoms with Crippen molar-refractivity contribution in [1.29, 1.82) is 0 Å². The van der Waals surface area contributed by atoms with Crippen LogP contribution in [0.5, 0.6) is 0 Å². The normalized spacial score (nSPS) is 9.89. The molecule has 0 atom stereocenters. The first-order valence-corrected chi connectivity index (χ1v) is 5.44. The van der Waals surface area contributed by atoms with E-state index in [9.17, 15) is 9.59 Å². The van der Waals surface area contributed by atoms with Crippen LogP contribution in [-0.4, -0.2) is 27.0 Å². The van der Waals surface area contributed by atoms with Crippen molar-refractivity contribution in [3.05, 3.63) is 59.7 Å². The average molecular weight is 258 g/mol. The number of hydrogen-bond acceptors (Lipinski definition) is 5. The van der Waals surface area contributed by atoms with Crippen LogP contribution in [0.3, 0.4) is 0 Å². The number of aromatic nitrogens is 2. The van der Waals surface area contributed by atoms with Gasteiger partial charge in [0.05, 0.1) is 0 Å². The zero-order valence-corrected chi connectivity index (χ0v) is 9.81. The van der Waals surface area contributed by atoms with Gasteiger partial charge in [0.25, 0.3) is 0 Å². The smallest absolute Gasteiger partial charge is 0.359 e. The summed E-state index contributed by atoms with van der Waals surface area (Å²) in [5, 5.41) is 8.89. The van der Waals surface area contributed by atoms with Crippen molar-refractivity contribution < 1.29 is 19.4 Å². The third-order valence-electron chi connectivity index (χ3n) is 2.31. The summed E-state index contributed by atoms with van der Waals surface area (Å²) < 4.78 is 5.00. The lowest BCUT2D eigenvalue weighted by molar-refractivity contribution is 0.0454. The summed E-state index contributed by atoms with van der Waals surface area (Å²) in [7, 11) is 0. The summed E-state index contributed by atoms with van der Waals surface area (Å²) in [6.07, 6.45) is 2.45. The minimum Gasteiger partial charge on any atom is -0.476 e. The SMILES string of the molecule is O=C(O)c1nccnc1C(=O)OCc1ccccc1. The molecule has 0 bridgehead atoms. The predicted molar refractivity (Wildman–Crippen MR) is 64.6 cm³/mol. The zero-order valence-electron chi connectivity index (χ0n) is 9.81. The predicted octanol–water partition coefficient (Wildman–Crippen LogP) is 1.53. The Morgan fingerprint density at radius 1 is 1.05 bits per heavy atom. The van der Waals surface area contributed by atoms with Crippen molar-refractivity contribution in [3.63, 3.8) is 0 Å². The second-order valence-electron chi connectivity index (χ2n) is 3.62. The van der Waals surface area contributed by atoms with Crippen LogP contribution in [0.4, 0.5) is 0 Å². The second-order valence-corrected chi connectivity index (χ2v) is 3.62. The largest absolute Gasteiger partial charge is 0.476 e. The first-order valence-electron chi connectivity index (χ1n) is 5.44. The molecule has 19 heavy (non-hydrogen) atoms. The minimum absolute atomic E-state index is 0.0509. The molecule has 0 aliphatic heterocycles. The maximum atomic E-state index is 11.8. The van der Waals surface area contributed by atoms with Gasteiger partial charge in [-0.2, -0.15) is 0 Å². The highest BCUT2D eigenvalue weighted by Crippen LogP contribution is 2.07. The molecule has 6 heteroatoms. The van der Waals surface area contributed by atoms with E-state index in [1.807, 2.05) is 18.2 Å². The van der Waals surface area contributed by atoms with Gasteiger partial charge in [0.15, 0.2) is 11.4 Å². The third-order valence-corrected chi connectivity index (χ3v) is 2.31. The van der Waals surface area contributed by atoms with E-state index in [1.54, 1.807) is 12.1 Å². The van der Waals surface area contributed by atoms with Crippen LogP contribution < -0.4 is 0 Å². The molecule has 1 aromatic heterocycles. The molecule has 0 fully saturated rings. The highest BCUT2D eigenvalue weighted by Gasteiger charge is 2.20. The fraction of sp³-hybridized carbons (Fsp3) is 0.0769. The summed E-state index contributed by atoms with van der Waals surface area (Å²) >= 11 is 0. The number of ether oxygens (including phenoxy) is 1. The number of carbonyl (C=O) groups excluding carboxylic acids is 1. The van der Waals surface area contributed by atoms with E-state index in [0.29, 0.717) is 0 Å². The van der Waals surface area contributed by atoms with Crippen molar-refractivity contribution in [2.45, 2.75) is 6.61 Å². The summed E-state index contributed by atoms with van der Waals surface area (Å²) in [5.41, 5.74) is 0.0862. The molecule has 2 rings (SSSR count). The highest BCUT2D eigenvalue weighted by atomic mass is 16.5. The number of carboxylic acid groups (broad SMARTS) is 1. The van der Waals surface area contributed by atoms with Gasteiger partial charge in [-0.25, -0.2) is 19.6 Å². The van der Waals surface area contributed by atoms with E-state index in [0.717, 1.165) is 5.56 Å². The van der Waals surface area contributed by atoms with Crippen molar-refractivity contribution in [2.24, 2.45) is 0 Å². The molecule has 2 aromatic rings. The van der Waals surface area contributed by atoms with Crippen LogP contribution >= 0.6 is 0 Å². The van der Waals surface area contributed by atoms with Crippen LogP contribution in [0.25, 0.3) is 0 Å². The van der Waals surface area contributed by atoms with Gasteiger partial charge in [0, 0.05) is 12.4 Å². The Morgan fingerprint density at radius 2 is 1.68 bits per heavy atom. The number of carboxylic acids is 1. The molecule has 0 radical (unpaired) electrons. The van der Waals surface area contributed by atoms with Crippen LogP contribution in [-0.2, 0) is 11.3 Å². The van der Waals surface area contributed by atoms with Crippen LogP contribution in [0.2, 0.25) is 0 Å². The Hall–Kier alpha value is -2.76. The van der Waals surface area contributed by atoms with Gasteiger partial charge < -0.3 is 9.84 Å². The first-order chi connectivity index (χ1) is 9.18. The molecule has 6 nitrogen and oxygen atoms in total. The molecule has 1 N–H and O–H groups in total. The summed E-state index contributed by atoms with van der Waals surface area (Å²) in [5.74, 6) is -2.13. The number of hydrogen-bond donors (Lipinski definition) is 1. The maximum Gasteiger partial charge on any atom is 0.359 e. The van der Waals surface area contributed by atoms with E-state index < -0.39 is 17.6 Å². The van der Waals surface area contributed by atoms with E-state index in [-0.39, 0.29) is 12.3 Å². The van der Waals surface area contributed by atoms with E-state index in [2.05, 4.69) is 9.97 Å². The molecule has 1 heterocycles. The van der Waals surface area contributed by atoms with Crippen molar-refractivity contribution in [3.8, 4) is 0 Å². The highest BCUT2D eigenvalue weighted by molar-refractivity contribution is 5.99. The fourth-order valence-corrected chi connectivity index (χ4v) is 1.44. The quantitative estimate of drug-likeness (QED) is 0.836. The molecule has 1 aromatic carbocycles.